The molecule has 1 saturated carbocycles. The van der Waals surface area contributed by atoms with Crippen molar-refractivity contribution in [3.05, 3.63) is 46.2 Å². The highest BCUT2D eigenvalue weighted by Crippen LogP contribution is 2.16. The van der Waals surface area contributed by atoms with Crippen LogP contribution in [0.25, 0.3) is 10.9 Å². The number of nitrogens with two attached hydrogens (primary N) is 1. The molecule has 3 heteroatoms. The molecule has 0 saturated heterocycles. The molecule has 1 heterocycles. The smallest absolute Gasteiger partial charge is 0.248 e. The Morgan fingerprint density at radius 3 is 2.79 bits per heavy atom. The summed E-state index contributed by atoms with van der Waals surface area (Å²) in [6.07, 6.45) is 6.75. The number of aromatic nitrogens is 1. The lowest BCUT2D eigenvalue weighted by atomic mass is 9.95. The average molecular weight is 257 g/mol. The molecule has 0 aliphatic heterocycles. The molecule has 1 fully saturated rings. The van der Waals surface area contributed by atoms with Gasteiger partial charge in [-0.25, -0.2) is 0 Å². The second-order valence-corrected chi connectivity index (χ2v) is 5.54. The third-order valence-electron chi connectivity index (χ3n) is 4.16. The van der Waals surface area contributed by atoms with Crippen molar-refractivity contribution in [2.45, 2.75) is 44.7 Å². The first-order valence-electron chi connectivity index (χ1n) is 7.27. The molecule has 1 aliphatic rings. The van der Waals surface area contributed by atoms with Crippen LogP contribution in [0.15, 0.2) is 35.1 Å². The summed E-state index contributed by atoms with van der Waals surface area (Å²) in [6.45, 7) is 0.912. The fraction of sp³-hybridized carbons (Fsp3) is 0.438. The van der Waals surface area contributed by atoms with Gasteiger partial charge in [-0.15, -0.1) is 0 Å². The second kappa shape index (κ2) is 5.57. The summed E-state index contributed by atoms with van der Waals surface area (Å²) < 4.78 is 0. The maximum absolute atomic E-state index is 11.7. The van der Waals surface area contributed by atoms with E-state index in [1.807, 2.05) is 18.2 Å². The van der Waals surface area contributed by atoms with Crippen molar-refractivity contribution >= 4 is 10.9 Å². The Morgan fingerprint density at radius 1 is 1.16 bits per heavy atom. The molecule has 3 rings (SSSR count). The van der Waals surface area contributed by atoms with E-state index in [-0.39, 0.29) is 5.56 Å². The minimum atomic E-state index is 0.00532. The van der Waals surface area contributed by atoms with Crippen LogP contribution in [0.4, 0.5) is 0 Å². The van der Waals surface area contributed by atoms with Crippen molar-refractivity contribution in [3.63, 3.8) is 0 Å². The monoisotopic (exact) mass is 257 g/mol. The first-order valence-corrected chi connectivity index (χ1v) is 7.27. The van der Waals surface area contributed by atoms with E-state index in [0.29, 0.717) is 0 Å². The summed E-state index contributed by atoms with van der Waals surface area (Å²) in [5, 5.41) is 3.59. The van der Waals surface area contributed by atoms with Gasteiger partial charge in [0.05, 0.1) is 6.04 Å². The number of pyridine rings is 1. The van der Waals surface area contributed by atoms with Crippen LogP contribution >= 0.6 is 0 Å². The van der Waals surface area contributed by atoms with E-state index in [4.69, 9.17) is 0 Å². The Balaban J connectivity index is 1.81. The first-order chi connectivity index (χ1) is 9.33. The molecule has 1 aliphatic carbocycles. The molecule has 3 nitrogen and oxygen atoms in total. The van der Waals surface area contributed by atoms with Gasteiger partial charge in [-0.3, -0.25) is 4.79 Å². The fourth-order valence-electron chi connectivity index (χ4n) is 3.11. The highest BCUT2D eigenvalue weighted by Gasteiger charge is 2.16. The number of benzene rings is 1. The van der Waals surface area contributed by atoms with Gasteiger partial charge in [0.15, 0.2) is 0 Å². The van der Waals surface area contributed by atoms with Gasteiger partial charge in [0, 0.05) is 22.5 Å². The van der Waals surface area contributed by atoms with Gasteiger partial charge in [0.25, 0.3) is 0 Å². The molecule has 0 bridgehead atoms. The Labute approximate surface area is 113 Å². The van der Waals surface area contributed by atoms with E-state index in [2.05, 4.69) is 16.4 Å². The quantitative estimate of drug-likeness (QED) is 0.867. The van der Waals surface area contributed by atoms with Gasteiger partial charge in [-0.2, -0.15) is 0 Å². The largest absolute Gasteiger partial charge is 0.340 e. The number of aromatic amines is 1. The van der Waals surface area contributed by atoms with E-state index in [1.54, 1.807) is 6.07 Å². The Kier molecular flexibility index (Phi) is 3.65. The zero-order chi connectivity index (χ0) is 13.1. The molecular formula is C16H21N2O+. The van der Waals surface area contributed by atoms with E-state index in [0.717, 1.165) is 23.7 Å². The van der Waals surface area contributed by atoms with Crippen LogP contribution in [0, 0.1) is 0 Å². The van der Waals surface area contributed by atoms with Gasteiger partial charge in [0.1, 0.15) is 6.54 Å². The first kappa shape index (κ1) is 12.4. The Bertz CT molecular complexity index is 611. The molecule has 100 valence electrons. The molecule has 0 spiro atoms. The lowest BCUT2D eigenvalue weighted by Crippen LogP contribution is -2.88. The zero-order valence-electron chi connectivity index (χ0n) is 11.2. The number of quaternary nitrogens is 1. The van der Waals surface area contributed by atoms with Gasteiger partial charge >= 0.3 is 0 Å². The number of H-pyrrole nitrogens is 1. The van der Waals surface area contributed by atoms with Crippen LogP contribution < -0.4 is 10.9 Å². The lowest BCUT2D eigenvalue weighted by Gasteiger charge is -2.20. The summed E-state index contributed by atoms with van der Waals surface area (Å²) in [4.78, 5) is 14.6. The molecular weight excluding hydrogens is 236 g/mol. The second-order valence-electron chi connectivity index (χ2n) is 5.54. The van der Waals surface area contributed by atoms with Crippen LogP contribution in [0.5, 0.6) is 0 Å². The summed E-state index contributed by atoms with van der Waals surface area (Å²) in [5.74, 6) is 0. The predicted molar refractivity (Wildman–Crippen MR) is 77.1 cm³/mol. The Hall–Kier alpha value is -1.61. The third-order valence-corrected chi connectivity index (χ3v) is 4.16. The van der Waals surface area contributed by atoms with Crippen molar-refractivity contribution in [2.24, 2.45) is 0 Å². The SMILES string of the molecule is O=c1cc(C[NH2+]C2CCCCC2)c2ccccc2[nH]1. The summed E-state index contributed by atoms with van der Waals surface area (Å²) in [7, 11) is 0. The van der Waals surface area contributed by atoms with Crippen LogP contribution in [0.2, 0.25) is 0 Å². The molecule has 0 radical (unpaired) electrons. The molecule has 0 atom stereocenters. The van der Waals surface area contributed by atoms with E-state index >= 15 is 0 Å². The summed E-state index contributed by atoms with van der Waals surface area (Å²) >= 11 is 0. The number of fused-ring (bicyclic) bond motifs is 1. The molecule has 1 aromatic heterocycles. The average Bonchev–Trinajstić information content (AvgIpc) is 2.45. The van der Waals surface area contributed by atoms with Gasteiger partial charge in [0.2, 0.25) is 5.56 Å². The van der Waals surface area contributed by atoms with E-state index < -0.39 is 0 Å². The maximum atomic E-state index is 11.7. The number of para-hydroxylation sites is 1. The predicted octanol–water partition coefficient (Wildman–Crippen LogP) is 1.92. The van der Waals surface area contributed by atoms with Crippen LogP contribution in [-0.4, -0.2) is 11.0 Å². The van der Waals surface area contributed by atoms with Gasteiger partial charge < -0.3 is 10.3 Å². The zero-order valence-corrected chi connectivity index (χ0v) is 11.2. The van der Waals surface area contributed by atoms with Gasteiger partial charge in [-0.05, 0) is 31.7 Å². The topological polar surface area (TPSA) is 49.5 Å². The molecule has 0 amide bonds. The Morgan fingerprint density at radius 2 is 1.95 bits per heavy atom. The van der Waals surface area contributed by atoms with Crippen molar-refractivity contribution in [1.29, 1.82) is 0 Å². The maximum Gasteiger partial charge on any atom is 0.248 e. The lowest BCUT2D eigenvalue weighted by molar-refractivity contribution is -0.706. The van der Waals surface area contributed by atoms with E-state index in [9.17, 15) is 4.79 Å². The molecule has 3 N–H and O–H groups in total. The van der Waals surface area contributed by atoms with Crippen molar-refractivity contribution in [3.8, 4) is 0 Å². The van der Waals surface area contributed by atoms with Crippen LogP contribution in [-0.2, 0) is 6.54 Å². The van der Waals surface area contributed by atoms with Crippen molar-refractivity contribution < 1.29 is 5.32 Å². The van der Waals surface area contributed by atoms with E-state index in [1.165, 1.54) is 37.5 Å². The molecule has 0 unspecified atom stereocenters. The van der Waals surface area contributed by atoms with Crippen molar-refractivity contribution in [1.82, 2.24) is 4.98 Å². The molecule has 1 aromatic carbocycles. The number of hydrogen-bond acceptors (Lipinski definition) is 1. The molecule has 2 aromatic rings. The standard InChI is InChI=1S/C16H20N2O/c19-16-10-12(11-17-13-6-2-1-3-7-13)14-8-4-5-9-15(14)18-16/h4-5,8-10,13,17H,1-3,6-7,11H2,(H,18,19)/p+1. The van der Waals surface area contributed by atoms with Crippen LogP contribution in [0.1, 0.15) is 37.7 Å². The minimum absolute atomic E-state index is 0.00532. The normalized spacial score (nSPS) is 16.8. The fourth-order valence-corrected chi connectivity index (χ4v) is 3.11. The highest BCUT2D eigenvalue weighted by atomic mass is 16.1. The number of rotatable bonds is 3. The van der Waals surface area contributed by atoms with Gasteiger partial charge in [-0.1, -0.05) is 24.6 Å². The van der Waals surface area contributed by atoms with Crippen LogP contribution in [0.3, 0.4) is 0 Å². The third kappa shape index (κ3) is 2.87. The minimum Gasteiger partial charge on any atom is -0.340 e. The number of nitrogens with one attached hydrogen (secondary N) is 1. The molecule has 19 heavy (non-hydrogen) atoms. The van der Waals surface area contributed by atoms with Crippen molar-refractivity contribution in [2.75, 3.05) is 0 Å². The summed E-state index contributed by atoms with van der Waals surface area (Å²) in [5.41, 5.74) is 2.11. The summed E-state index contributed by atoms with van der Waals surface area (Å²) in [6, 6.07) is 10.6. The number of hydrogen-bond donors (Lipinski definition) is 2. The highest BCUT2D eigenvalue weighted by molar-refractivity contribution is 5.81.